The Morgan fingerprint density at radius 2 is 0.841 bits per heavy atom. The third-order valence-corrected chi connectivity index (χ3v) is 22.3. The Morgan fingerprint density at radius 1 is 0.304 bits per heavy atom. The average molecular weight is 994 g/mol. The van der Waals surface area contributed by atoms with Crippen LogP contribution in [0.5, 0.6) is 0 Å². The van der Waals surface area contributed by atoms with Gasteiger partial charge in [0, 0.05) is 0 Å². The fourth-order valence-corrected chi connectivity index (χ4v) is 19.1. The van der Waals surface area contributed by atoms with Crippen LogP contribution in [-0.4, -0.2) is 31.9 Å². The molecule has 0 aromatic heterocycles. The summed E-state index contributed by atoms with van der Waals surface area (Å²) < 4.78 is 4.66. The van der Waals surface area contributed by atoms with E-state index < -0.39 is 20.8 Å². The molecule has 12 aromatic rings. The molecule has 320 valence electrons. The molecule has 69 heavy (non-hydrogen) atoms. The van der Waals surface area contributed by atoms with Crippen molar-refractivity contribution < 1.29 is 0 Å². The zero-order valence-corrected chi connectivity index (χ0v) is 45.4. The Balaban J connectivity index is 1.06. The van der Waals surface area contributed by atoms with E-state index in [0.717, 1.165) is 0 Å². The van der Waals surface area contributed by atoms with E-state index >= 15 is 0 Å². The van der Waals surface area contributed by atoms with E-state index in [9.17, 15) is 0 Å². The van der Waals surface area contributed by atoms with Gasteiger partial charge in [0.1, 0.15) is 0 Å². The molecule has 12 aromatic carbocycles. The summed E-state index contributed by atoms with van der Waals surface area (Å²) in [5.41, 5.74) is 23.7. The second kappa shape index (κ2) is 15.0. The van der Waals surface area contributed by atoms with Crippen LogP contribution >= 0.6 is 0 Å². The Kier molecular flexibility index (Phi) is 8.59. The van der Waals surface area contributed by atoms with Crippen molar-refractivity contribution >= 4 is 77.5 Å². The molecule has 0 fully saturated rings. The summed E-state index contributed by atoms with van der Waals surface area (Å²) in [6.45, 7) is 0. The standard InChI is InChI=1S/C67H44Ge2/c68-61-34-9-5-19-44(61)42-18-11-17-41(38-42)43-24-12-26-49-56(43)39-57-46(52-28-14-29-53-48-22-6-10-35-62(48)69-66(52)53)25-13-27-50(57)63(49)55-30-15-33-60-64(55)54-23-4-8-32-59(54)67(60)58-31-7-3-21-47(58)51-37-36-40-16-1-2-20-45(40)65(51)67/h1-39H,69H2,68H3. The van der Waals surface area contributed by atoms with Gasteiger partial charge in [-0.2, -0.15) is 0 Å². The zero-order chi connectivity index (χ0) is 45.4. The van der Waals surface area contributed by atoms with E-state index in [4.69, 9.17) is 0 Å². The van der Waals surface area contributed by atoms with Crippen LogP contribution in [0.25, 0.3) is 110 Å². The number of benzene rings is 12. The van der Waals surface area contributed by atoms with Crippen LogP contribution in [0, 0.1) is 0 Å². The van der Waals surface area contributed by atoms with E-state index in [1.807, 2.05) is 0 Å². The van der Waals surface area contributed by atoms with Crippen LogP contribution in [0.15, 0.2) is 237 Å². The number of hydrogen-bond acceptors (Lipinski definition) is 0. The molecule has 2 aliphatic carbocycles. The van der Waals surface area contributed by atoms with Crippen molar-refractivity contribution in [2.45, 2.75) is 5.41 Å². The molecule has 0 saturated heterocycles. The van der Waals surface area contributed by atoms with Crippen molar-refractivity contribution in [1.82, 2.24) is 0 Å². The van der Waals surface area contributed by atoms with Gasteiger partial charge < -0.3 is 0 Å². The van der Waals surface area contributed by atoms with Gasteiger partial charge in [-0.1, -0.05) is 54.6 Å². The van der Waals surface area contributed by atoms with Gasteiger partial charge >= 0.3 is 360 Å². The van der Waals surface area contributed by atoms with Gasteiger partial charge in [0.2, 0.25) is 0 Å². The first-order valence-corrected chi connectivity index (χ1v) is 29.4. The quantitative estimate of drug-likeness (QED) is 0.122. The normalized spacial score (nSPS) is 15.1. The molecule has 1 unspecified atom stereocenters. The molecule has 1 spiro atoms. The number of hydrogen-bond donors (Lipinski definition) is 0. The molecule has 2 heteroatoms. The van der Waals surface area contributed by atoms with Crippen molar-refractivity contribution in [3.63, 3.8) is 0 Å². The van der Waals surface area contributed by atoms with Gasteiger partial charge in [0.15, 0.2) is 0 Å². The Morgan fingerprint density at radius 3 is 1.67 bits per heavy atom. The second-order valence-electron chi connectivity index (χ2n) is 19.4. The van der Waals surface area contributed by atoms with Crippen LogP contribution in [0.3, 0.4) is 0 Å². The van der Waals surface area contributed by atoms with Gasteiger partial charge in [-0.15, -0.1) is 0 Å². The van der Waals surface area contributed by atoms with E-state index in [1.54, 1.807) is 8.79 Å². The zero-order valence-electron chi connectivity index (χ0n) is 38.2. The predicted molar refractivity (Wildman–Crippen MR) is 300 cm³/mol. The third kappa shape index (κ3) is 5.47. The van der Waals surface area contributed by atoms with E-state index in [2.05, 4.69) is 237 Å². The van der Waals surface area contributed by atoms with Gasteiger partial charge in [0.05, 0.1) is 0 Å². The van der Waals surface area contributed by atoms with Crippen molar-refractivity contribution in [3.05, 3.63) is 259 Å². The van der Waals surface area contributed by atoms with E-state index in [-0.39, 0.29) is 0 Å². The molecule has 3 aliphatic rings. The molecule has 1 heterocycles. The van der Waals surface area contributed by atoms with E-state index in [0.29, 0.717) is 16.5 Å². The van der Waals surface area contributed by atoms with Crippen LogP contribution in [0.4, 0.5) is 0 Å². The maximum absolute atomic E-state index is 2.55. The van der Waals surface area contributed by atoms with Crippen molar-refractivity contribution in [3.8, 4) is 77.9 Å². The summed E-state index contributed by atoms with van der Waals surface area (Å²) in [5.74, 6) is 0. The van der Waals surface area contributed by atoms with Crippen molar-refractivity contribution in [2.24, 2.45) is 0 Å². The Bertz CT molecular complexity index is 4200. The molecular weight excluding hydrogens is 950 g/mol. The molecular formula is C67H44Ge2. The van der Waals surface area contributed by atoms with Crippen LogP contribution in [0.1, 0.15) is 22.3 Å². The van der Waals surface area contributed by atoms with Crippen LogP contribution in [-0.2, 0) is 5.41 Å². The third-order valence-electron chi connectivity index (χ3n) is 16.1. The maximum atomic E-state index is 2.55. The molecule has 0 nitrogen and oxygen atoms in total. The fraction of sp³-hybridized carbons (Fsp3) is 0.0149. The molecule has 15 rings (SSSR count). The molecule has 0 bridgehead atoms. The fourth-order valence-electron chi connectivity index (χ4n) is 13.3. The van der Waals surface area contributed by atoms with Crippen molar-refractivity contribution in [1.29, 1.82) is 0 Å². The SMILES string of the molecule is [GeH3][c]1ccccc1-c1cccc(-c2cccc3c(-c4cccc5c4-c4ccccc4C54c5ccccc5-c5ccc6ccccc6c54)c4cccc(-c5cccc6[c]5[GeH2][c]5ccccc5-6)c4cc23)c1. The van der Waals surface area contributed by atoms with Gasteiger partial charge in [-0.25, -0.2) is 0 Å². The van der Waals surface area contributed by atoms with Gasteiger partial charge in [0.25, 0.3) is 0 Å². The summed E-state index contributed by atoms with van der Waals surface area (Å²) in [7, 11) is 0. The van der Waals surface area contributed by atoms with Crippen LogP contribution in [0.2, 0.25) is 0 Å². The first-order chi connectivity index (χ1) is 34.2. The second-order valence-corrected chi connectivity index (χ2v) is 25.5. The Hall–Kier alpha value is -7.49. The minimum absolute atomic E-state index is 0.489. The topological polar surface area (TPSA) is 0 Å². The number of rotatable bonds is 4. The first-order valence-electron chi connectivity index (χ1n) is 24.4. The van der Waals surface area contributed by atoms with Gasteiger partial charge in [-0.05, 0) is 5.39 Å². The molecule has 1 aliphatic heterocycles. The average Bonchev–Trinajstić information content (AvgIpc) is 4.05. The van der Waals surface area contributed by atoms with Crippen LogP contribution < -0.4 is 13.2 Å². The monoisotopic (exact) mass is 996 g/mol. The summed E-state index contributed by atoms with van der Waals surface area (Å²) in [4.78, 5) is 0. The van der Waals surface area contributed by atoms with E-state index in [1.165, 1.54) is 137 Å². The van der Waals surface area contributed by atoms with Crippen molar-refractivity contribution in [2.75, 3.05) is 0 Å². The summed E-state index contributed by atoms with van der Waals surface area (Å²) >= 11 is -0.700. The predicted octanol–water partition coefficient (Wildman–Crippen LogP) is 13.2. The molecule has 0 saturated carbocycles. The molecule has 0 radical (unpaired) electrons. The number of fused-ring (bicyclic) bond motifs is 17. The summed E-state index contributed by atoms with van der Waals surface area (Å²) in [6.07, 6.45) is 0. The Labute approximate surface area is 416 Å². The summed E-state index contributed by atoms with van der Waals surface area (Å²) in [6, 6.07) is 90.8. The summed E-state index contributed by atoms with van der Waals surface area (Å²) in [5, 5.41) is 7.76. The minimum atomic E-state index is -1.26. The molecule has 1 atom stereocenters. The van der Waals surface area contributed by atoms with Gasteiger partial charge in [-0.3, -0.25) is 0 Å². The first kappa shape index (κ1) is 39.5. The molecule has 0 N–H and O–H groups in total. The molecule has 0 amide bonds.